The minimum atomic E-state index is -4.82. The fourth-order valence-corrected chi connectivity index (χ4v) is 4.11. The van der Waals surface area contributed by atoms with Gasteiger partial charge in [0.1, 0.15) is 17.5 Å². The van der Waals surface area contributed by atoms with E-state index in [0.29, 0.717) is 36.4 Å². The number of phosphoric ester groups is 1. The summed E-state index contributed by atoms with van der Waals surface area (Å²) in [5.74, 6) is 0.369. The summed E-state index contributed by atoms with van der Waals surface area (Å²) in [4.78, 5) is 36.0. The van der Waals surface area contributed by atoms with E-state index in [0.717, 1.165) is 0 Å². The fraction of sp³-hybridized carbons (Fsp3) is 0.500. The lowest BCUT2D eigenvalue weighted by Crippen LogP contribution is -2.54. The highest BCUT2D eigenvalue weighted by Gasteiger charge is 2.51. The third-order valence-electron chi connectivity index (χ3n) is 4.48. The van der Waals surface area contributed by atoms with Gasteiger partial charge in [-0.15, -0.1) is 0 Å². The largest absolute Gasteiger partial charge is 0.485 e. The number of ether oxygens (including phenoxy) is 1. The number of nitrogens with zero attached hydrogens (tertiary/aromatic N) is 2. The number of benzene rings is 1. The summed E-state index contributed by atoms with van der Waals surface area (Å²) in [5, 5.41) is 0. The molecule has 1 saturated heterocycles. The molecule has 0 bridgehead atoms. The molecule has 1 fully saturated rings. The molecule has 1 aromatic rings. The highest BCUT2D eigenvalue weighted by Crippen LogP contribution is 2.51. The van der Waals surface area contributed by atoms with E-state index in [1.165, 1.54) is 0 Å². The third kappa shape index (κ3) is 3.42. The molecule has 134 valence electrons. The summed E-state index contributed by atoms with van der Waals surface area (Å²) < 4.78 is 22.5. The van der Waals surface area contributed by atoms with Crippen LogP contribution in [0, 0.1) is 6.57 Å². The zero-order valence-corrected chi connectivity index (χ0v) is 14.8. The van der Waals surface area contributed by atoms with Crippen molar-refractivity contribution in [3.05, 3.63) is 35.2 Å². The van der Waals surface area contributed by atoms with Crippen molar-refractivity contribution in [1.82, 2.24) is 4.90 Å². The number of hydrogen-bond acceptors (Lipinski definition) is 4. The number of amides is 1. The minimum Gasteiger partial charge on any atom is -0.485 e. The average molecular weight is 366 g/mol. The van der Waals surface area contributed by atoms with E-state index >= 15 is 0 Å². The molecule has 8 nitrogen and oxygen atoms in total. The molecule has 0 spiro atoms. The maximum Gasteiger partial charge on any atom is 0.470 e. The van der Waals surface area contributed by atoms with Crippen molar-refractivity contribution in [1.29, 1.82) is 0 Å². The Bertz CT molecular complexity index is 796. The summed E-state index contributed by atoms with van der Waals surface area (Å²) in [6.07, 6.45) is -0.0427. The Hall–Kier alpha value is -1.91. The van der Waals surface area contributed by atoms with Crippen LogP contribution >= 0.6 is 7.82 Å². The quantitative estimate of drug-likeness (QED) is 0.630. The first-order valence-electron chi connectivity index (χ1n) is 7.86. The van der Waals surface area contributed by atoms with E-state index in [4.69, 9.17) is 15.8 Å². The second kappa shape index (κ2) is 6.11. The Kier molecular flexibility index (Phi) is 4.38. The van der Waals surface area contributed by atoms with Crippen LogP contribution < -0.4 is 4.74 Å². The first-order chi connectivity index (χ1) is 11.6. The maximum atomic E-state index is 12.3. The number of likely N-dealkylation sites (tertiary alicyclic amines) is 1. The van der Waals surface area contributed by atoms with E-state index in [9.17, 15) is 19.1 Å². The molecular formula is C16H19N2O6P. The normalized spacial score (nSPS) is 25.2. The second-order valence-corrected chi connectivity index (χ2v) is 7.88. The van der Waals surface area contributed by atoms with Crippen molar-refractivity contribution in [2.24, 2.45) is 0 Å². The fourth-order valence-electron chi connectivity index (χ4n) is 3.44. The number of phosphoric acid groups is 1. The molecule has 0 aliphatic carbocycles. The zero-order chi connectivity index (χ0) is 18.4. The molecule has 9 heteroatoms. The van der Waals surface area contributed by atoms with Gasteiger partial charge in [-0.1, -0.05) is 6.07 Å². The molecule has 0 radical (unpaired) electrons. The van der Waals surface area contributed by atoms with Crippen LogP contribution in [-0.2, 0) is 13.9 Å². The van der Waals surface area contributed by atoms with E-state index in [-0.39, 0.29) is 5.91 Å². The van der Waals surface area contributed by atoms with Crippen molar-refractivity contribution in [3.8, 4) is 5.75 Å². The van der Waals surface area contributed by atoms with E-state index in [1.807, 2.05) is 0 Å². The Balaban J connectivity index is 2.16. The highest BCUT2D eigenvalue weighted by molar-refractivity contribution is 7.46. The van der Waals surface area contributed by atoms with Gasteiger partial charge >= 0.3 is 7.82 Å². The van der Waals surface area contributed by atoms with Crippen LogP contribution in [0.25, 0.3) is 4.85 Å². The Morgan fingerprint density at radius 1 is 1.44 bits per heavy atom. The molecule has 0 aromatic heterocycles. The lowest BCUT2D eigenvalue weighted by Gasteiger charge is -2.47. The minimum absolute atomic E-state index is 0.110. The van der Waals surface area contributed by atoms with Crippen molar-refractivity contribution in [2.75, 3.05) is 6.54 Å². The molecule has 25 heavy (non-hydrogen) atoms. The Labute approximate surface area is 145 Å². The maximum absolute atomic E-state index is 12.3. The number of hydrogen-bond donors (Lipinski definition) is 2. The van der Waals surface area contributed by atoms with Gasteiger partial charge in [-0.2, -0.15) is 0 Å². The molecule has 0 saturated carbocycles. The van der Waals surface area contributed by atoms with Gasteiger partial charge in [-0.3, -0.25) is 9.32 Å². The Morgan fingerprint density at radius 2 is 2.16 bits per heavy atom. The standard InChI is InChI=1S/C16H19N2O6P/c1-16(2)15(24-25(20,21)22)14(18-8-4-5-13(18)19)11-9-10(17-3)6-7-12(11)23-16/h6-7,9,14-15H,4-5,8H2,1-2H3,(H2,20,21,22)/t14-,15+/m1/s1. The molecule has 2 aliphatic heterocycles. The number of fused-ring (bicyclic) bond motifs is 1. The van der Waals surface area contributed by atoms with Crippen molar-refractivity contribution in [2.45, 2.75) is 44.4 Å². The van der Waals surface area contributed by atoms with Gasteiger partial charge in [0.05, 0.1) is 12.6 Å². The second-order valence-electron chi connectivity index (χ2n) is 6.69. The molecule has 2 heterocycles. The van der Waals surface area contributed by atoms with Crippen LogP contribution in [0.3, 0.4) is 0 Å². The molecule has 2 atom stereocenters. The van der Waals surface area contributed by atoms with Gasteiger partial charge in [-0.25, -0.2) is 9.41 Å². The summed E-state index contributed by atoms with van der Waals surface area (Å²) >= 11 is 0. The molecule has 1 aromatic carbocycles. The van der Waals surface area contributed by atoms with Crippen LogP contribution in [0.5, 0.6) is 5.75 Å². The summed E-state index contributed by atoms with van der Waals surface area (Å²) in [7, 11) is -4.82. The van der Waals surface area contributed by atoms with Crippen LogP contribution in [0.2, 0.25) is 0 Å². The summed E-state index contributed by atoms with van der Waals surface area (Å²) in [6, 6.07) is 4.10. The number of carbonyl (C=O) groups is 1. The van der Waals surface area contributed by atoms with E-state index in [1.54, 1.807) is 36.9 Å². The summed E-state index contributed by atoms with van der Waals surface area (Å²) in [5.41, 5.74) is -0.198. The van der Waals surface area contributed by atoms with Crippen LogP contribution in [-0.4, -0.2) is 38.8 Å². The van der Waals surface area contributed by atoms with E-state index < -0.39 is 25.6 Å². The SMILES string of the molecule is [C-]#[N+]c1ccc2c(c1)[C@@H](N1CCCC1=O)[C@H](OP(=O)(O)O)C(C)(C)O2. The molecule has 1 amide bonds. The topological polar surface area (TPSA) is 101 Å². The van der Waals surface area contributed by atoms with Crippen LogP contribution in [0.4, 0.5) is 5.69 Å². The van der Waals surface area contributed by atoms with Gasteiger partial charge in [0.15, 0.2) is 5.69 Å². The summed E-state index contributed by atoms with van der Waals surface area (Å²) in [6.45, 7) is 11.0. The monoisotopic (exact) mass is 366 g/mol. The molecule has 0 unspecified atom stereocenters. The predicted octanol–water partition coefficient (Wildman–Crippen LogP) is 2.55. The van der Waals surface area contributed by atoms with Gasteiger partial charge in [-0.05, 0) is 32.4 Å². The predicted molar refractivity (Wildman–Crippen MR) is 88.0 cm³/mol. The molecular weight excluding hydrogens is 347 g/mol. The van der Waals surface area contributed by atoms with Crippen molar-refractivity contribution >= 4 is 19.4 Å². The molecule has 2 N–H and O–H groups in total. The van der Waals surface area contributed by atoms with Gasteiger partial charge in [0, 0.05) is 18.5 Å². The van der Waals surface area contributed by atoms with Gasteiger partial charge in [0.25, 0.3) is 0 Å². The van der Waals surface area contributed by atoms with Gasteiger partial charge in [0.2, 0.25) is 5.91 Å². The Morgan fingerprint density at radius 3 is 2.72 bits per heavy atom. The van der Waals surface area contributed by atoms with Crippen LogP contribution in [0.15, 0.2) is 18.2 Å². The molecule has 2 aliphatic rings. The first kappa shape index (κ1) is 17.9. The lowest BCUT2D eigenvalue weighted by molar-refractivity contribution is -0.138. The zero-order valence-electron chi connectivity index (χ0n) is 13.9. The smallest absolute Gasteiger partial charge is 0.470 e. The van der Waals surface area contributed by atoms with Crippen LogP contribution in [0.1, 0.15) is 38.3 Å². The lowest BCUT2D eigenvalue weighted by atomic mass is 9.85. The average Bonchev–Trinajstić information content (AvgIpc) is 2.92. The van der Waals surface area contributed by atoms with Gasteiger partial charge < -0.3 is 19.4 Å². The number of rotatable bonds is 3. The molecule has 3 rings (SSSR count). The number of carbonyl (C=O) groups excluding carboxylic acids is 1. The first-order valence-corrected chi connectivity index (χ1v) is 9.39. The third-order valence-corrected chi connectivity index (χ3v) is 4.98. The van der Waals surface area contributed by atoms with E-state index in [2.05, 4.69) is 4.85 Å². The van der Waals surface area contributed by atoms with Crippen molar-refractivity contribution < 1.29 is 28.4 Å². The highest BCUT2D eigenvalue weighted by atomic mass is 31.2. The van der Waals surface area contributed by atoms with Crippen molar-refractivity contribution in [3.63, 3.8) is 0 Å².